The third-order valence-electron chi connectivity index (χ3n) is 3.29. The van der Waals surface area contributed by atoms with Crippen molar-refractivity contribution in [2.75, 3.05) is 11.1 Å². The lowest BCUT2D eigenvalue weighted by molar-refractivity contribution is 0.306. The highest BCUT2D eigenvalue weighted by molar-refractivity contribution is 7.80. The minimum absolute atomic E-state index is 0.125. The summed E-state index contributed by atoms with van der Waals surface area (Å²) in [6.07, 6.45) is 0. The van der Waals surface area contributed by atoms with Crippen LogP contribution in [0.2, 0.25) is 0 Å². The summed E-state index contributed by atoms with van der Waals surface area (Å²) >= 11 is 5.21. The lowest BCUT2D eigenvalue weighted by atomic mass is 10.2. The van der Waals surface area contributed by atoms with E-state index in [4.69, 9.17) is 18.0 Å². The van der Waals surface area contributed by atoms with Gasteiger partial charge in [0.1, 0.15) is 5.69 Å². The van der Waals surface area contributed by atoms with Gasteiger partial charge in [0, 0.05) is 5.69 Å². The summed E-state index contributed by atoms with van der Waals surface area (Å²) in [6.45, 7) is 3.59. The molecule has 0 fully saturated rings. The molecule has 0 radical (unpaired) electrons. The Balaban J connectivity index is 1.72. The highest BCUT2D eigenvalue weighted by Gasteiger charge is 2.17. The molecule has 128 valence electrons. The van der Waals surface area contributed by atoms with Crippen molar-refractivity contribution < 1.29 is 4.63 Å². The summed E-state index contributed by atoms with van der Waals surface area (Å²) in [7, 11) is 0. The van der Waals surface area contributed by atoms with Gasteiger partial charge in [-0.25, -0.2) is 4.63 Å². The van der Waals surface area contributed by atoms with Crippen molar-refractivity contribution in [3.63, 3.8) is 0 Å². The first-order valence-corrected chi connectivity index (χ1v) is 7.64. The standard InChI is InChI=1S/C14H15N9OS/c1-8(17-19-14(25)16-10-6-4-3-5-7-10)11-9(2)23(22-18-11)13-12(15)20-24-21-13/h3-7H,1-2H3,(H2,15,20)(H2,16,19,25). The van der Waals surface area contributed by atoms with Gasteiger partial charge in [0.25, 0.3) is 0 Å². The third kappa shape index (κ3) is 3.61. The van der Waals surface area contributed by atoms with Crippen molar-refractivity contribution in [2.45, 2.75) is 13.8 Å². The SMILES string of the molecule is CC(=NNC(=S)Nc1ccccc1)c1nnn(-c2nonc2N)c1C. The Morgan fingerprint density at radius 3 is 2.72 bits per heavy atom. The fraction of sp³-hybridized carbons (Fsp3) is 0.143. The molecule has 0 amide bonds. The van der Waals surface area contributed by atoms with Gasteiger partial charge in [-0.1, -0.05) is 23.4 Å². The molecule has 0 saturated heterocycles. The van der Waals surface area contributed by atoms with Crippen molar-refractivity contribution in [1.29, 1.82) is 0 Å². The molecular formula is C14H15N9OS. The number of nitrogens with zero attached hydrogens (tertiary/aromatic N) is 6. The van der Waals surface area contributed by atoms with E-state index < -0.39 is 0 Å². The molecule has 0 aliphatic carbocycles. The summed E-state index contributed by atoms with van der Waals surface area (Å²) < 4.78 is 6.01. The van der Waals surface area contributed by atoms with Crippen LogP contribution in [0.3, 0.4) is 0 Å². The van der Waals surface area contributed by atoms with Crippen LogP contribution in [0.1, 0.15) is 18.3 Å². The molecule has 2 aromatic heterocycles. The molecule has 11 heteroatoms. The summed E-state index contributed by atoms with van der Waals surface area (Å²) in [6, 6.07) is 9.54. The van der Waals surface area contributed by atoms with Crippen LogP contribution >= 0.6 is 12.2 Å². The van der Waals surface area contributed by atoms with Gasteiger partial charge in [-0.2, -0.15) is 9.78 Å². The molecule has 4 N–H and O–H groups in total. The van der Waals surface area contributed by atoms with Crippen molar-refractivity contribution in [3.8, 4) is 5.82 Å². The van der Waals surface area contributed by atoms with Crippen molar-refractivity contribution >= 4 is 34.5 Å². The monoisotopic (exact) mass is 357 g/mol. The van der Waals surface area contributed by atoms with Gasteiger partial charge >= 0.3 is 0 Å². The molecule has 0 atom stereocenters. The fourth-order valence-corrected chi connectivity index (χ4v) is 2.23. The van der Waals surface area contributed by atoms with Gasteiger partial charge in [0.2, 0.25) is 11.6 Å². The van der Waals surface area contributed by atoms with Gasteiger partial charge < -0.3 is 11.1 Å². The molecule has 0 unspecified atom stereocenters. The second-order valence-corrected chi connectivity index (χ2v) is 5.45. The number of thiocarbonyl (C=S) groups is 1. The number of nitrogens with two attached hydrogens (primary N) is 1. The highest BCUT2D eigenvalue weighted by atomic mass is 32.1. The van der Waals surface area contributed by atoms with Crippen molar-refractivity contribution in [2.24, 2.45) is 5.10 Å². The maximum absolute atomic E-state index is 5.67. The maximum Gasteiger partial charge on any atom is 0.243 e. The summed E-state index contributed by atoms with van der Waals surface area (Å²) in [4.78, 5) is 0. The number of hydrogen-bond donors (Lipinski definition) is 3. The number of nitrogen functional groups attached to an aromatic ring is 1. The Labute approximate surface area is 148 Å². The number of hydrazone groups is 1. The predicted molar refractivity (Wildman–Crippen MR) is 96.4 cm³/mol. The number of para-hydroxylation sites is 1. The molecular weight excluding hydrogens is 342 g/mol. The van der Waals surface area contributed by atoms with Crippen LogP contribution in [-0.2, 0) is 0 Å². The first-order chi connectivity index (χ1) is 12.1. The Kier molecular flexibility index (Phi) is 4.66. The van der Waals surface area contributed by atoms with Crippen LogP contribution in [0.5, 0.6) is 0 Å². The van der Waals surface area contributed by atoms with Gasteiger partial charge in [0.15, 0.2) is 5.11 Å². The molecule has 0 bridgehead atoms. The van der Waals surface area contributed by atoms with Crippen LogP contribution in [0.25, 0.3) is 5.82 Å². The van der Waals surface area contributed by atoms with E-state index in [0.717, 1.165) is 5.69 Å². The molecule has 0 saturated carbocycles. The summed E-state index contributed by atoms with van der Waals surface area (Å²) in [5.41, 5.74) is 11.2. The van der Waals surface area contributed by atoms with E-state index in [1.54, 1.807) is 6.92 Å². The lowest BCUT2D eigenvalue weighted by Crippen LogP contribution is -2.25. The first-order valence-electron chi connectivity index (χ1n) is 7.23. The molecule has 10 nitrogen and oxygen atoms in total. The molecule has 0 spiro atoms. The topological polar surface area (TPSA) is 132 Å². The van der Waals surface area contributed by atoms with Crippen LogP contribution in [0.15, 0.2) is 40.1 Å². The average Bonchev–Trinajstić information content (AvgIpc) is 3.19. The van der Waals surface area contributed by atoms with Gasteiger partial charge in [-0.15, -0.1) is 5.10 Å². The highest BCUT2D eigenvalue weighted by Crippen LogP contribution is 2.15. The van der Waals surface area contributed by atoms with E-state index in [-0.39, 0.29) is 11.6 Å². The van der Waals surface area contributed by atoms with Crippen LogP contribution < -0.4 is 16.5 Å². The number of hydrogen-bond acceptors (Lipinski definition) is 8. The molecule has 2 heterocycles. The Hall–Kier alpha value is -3.34. The number of nitrogens with one attached hydrogen (secondary N) is 2. The Bertz CT molecular complexity index is 916. The van der Waals surface area contributed by atoms with E-state index in [0.29, 0.717) is 22.2 Å². The number of rotatable bonds is 4. The van der Waals surface area contributed by atoms with Crippen molar-refractivity contribution in [1.82, 2.24) is 30.7 Å². The van der Waals surface area contributed by atoms with Crippen LogP contribution in [0.4, 0.5) is 11.5 Å². The predicted octanol–water partition coefficient (Wildman–Crippen LogP) is 1.25. The van der Waals surface area contributed by atoms with Gasteiger partial charge in [0.05, 0.1) is 11.4 Å². The van der Waals surface area contributed by atoms with E-state index in [9.17, 15) is 0 Å². The smallest absolute Gasteiger partial charge is 0.243 e. The van der Waals surface area contributed by atoms with Gasteiger partial charge in [-0.05, 0) is 48.5 Å². The zero-order valence-electron chi connectivity index (χ0n) is 13.5. The quantitative estimate of drug-likeness (QED) is 0.358. The number of anilines is 2. The zero-order valence-corrected chi connectivity index (χ0v) is 14.3. The third-order valence-corrected chi connectivity index (χ3v) is 3.48. The molecule has 3 aromatic rings. The average molecular weight is 357 g/mol. The zero-order chi connectivity index (χ0) is 17.8. The maximum atomic E-state index is 5.67. The fourth-order valence-electron chi connectivity index (χ4n) is 2.07. The lowest BCUT2D eigenvalue weighted by Gasteiger charge is -2.07. The first kappa shape index (κ1) is 16.5. The second-order valence-electron chi connectivity index (χ2n) is 5.04. The minimum atomic E-state index is 0.125. The normalized spacial score (nSPS) is 11.4. The Morgan fingerprint density at radius 2 is 2.04 bits per heavy atom. The summed E-state index contributed by atoms with van der Waals surface area (Å²) in [5, 5.41) is 22.9. The van der Waals surface area contributed by atoms with Crippen molar-refractivity contribution in [3.05, 3.63) is 41.7 Å². The largest absolute Gasteiger partial charge is 0.378 e. The molecule has 0 aliphatic heterocycles. The van der Waals surface area contributed by atoms with E-state index >= 15 is 0 Å². The van der Waals surface area contributed by atoms with E-state index in [1.807, 2.05) is 37.3 Å². The number of aromatic nitrogens is 5. The summed E-state index contributed by atoms with van der Waals surface area (Å²) in [5.74, 6) is 0.402. The molecule has 1 aromatic carbocycles. The number of benzene rings is 1. The molecule has 3 rings (SSSR count). The van der Waals surface area contributed by atoms with E-state index in [1.165, 1.54) is 4.68 Å². The molecule has 25 heavy (non-hydrogen) atoms. The van der Waals surface area contributed by atoms with Crippen LogP contribution in [0, 0.1) is 6.92 Å². The van der Waals surface area contributed by atoms with Crippen LogP contribution in [-0.4, -0.2) is 36.1 Å². The second kappa shape index (κ2) is 7.05. The minimum Gasteiger partial charge on any atom is -0.378 e. The van der Waals surface area contributed by atoms with E-state index in [2.05, 4.69) is 41.1 Å². The van der Waals surface area contributed by atoms with Gasteiger partial charge in [-0.3, -0.25) is 5.43 Å². The molecule has 0 aliphatic rings. The Morgan fingerprint density at radius 1 is 1.28 bits per heavy atom.